The molecule has 2 rings (SSSR count). The number of nitrogens with zero attached hydrogens (tertiary/aromatic N) is 2. The van der Waals surface area contributed by atoms with Crippen LogP contribution < -0.4 is 5.73 Å². The van der Waals surface area contributed by atoms with Crippen LogP contribution in [0.15, 0.2) is 6.20 Å². The largest absolute Gasteiger partial charge is 0.383 e. The number of aromatic amines is 1. The topological polar surface area (TPSA) is 84.2 Å². The molecule has 1 fully saturated rings. The molecule has 2 heterocycles. The van der Waals surface area contributed by atoms with Gasteiger partial charge < -0.3 is 15.4 Å². The molecule has 0 saturated carbocycles. The molecule has 1 aliphatic rings. The summed E-state index contributed by atoms with van der Waals surface area (Å²) >= 11 is 0. The summed E-state index contributed by atoms with van der Waals surface area (Å²) in [5, 5.41) is 6.31. The molecule has 88 valence electrons. The first-order valence-corrected chi connectivity index (χ1v) is 5.34. The van der Waals surface area contributed by atoms with Crippen molar-refractivity contribution < 1.29 is 9.53 Å². The smallest absolute Gasteiger partial charge is 0.259 e. The molecule has 6 nitrogen and oxygen atoms in total. The maximum Gasteiger partial charge on any atom is 0.259 e. The number of carbonyl (C=O) groups excluding carboxylic acids is 1. The summed E-state index contributed by atoms with van der Waals surface area (Å²) in [6, 6.07) is 0.232. The Morgan fingerprint density at radius 1 is 1.62 bits per heavy atom. The SMILES string of the molecule is CN(C(=O)c1cn[nH]c1N)C1CCOCC1. The predicted octanol–water partition coefficient (Wildman–Crippen LogP) is 0.243. The van der Waals surface area contributed by atoms with Crippen molar-refractivity contribution in [3.05, 3.63) is 11.8 Å². The van der Waals surface area contributed by atoms with Crippen LogP contribution in [0.5, 0.6) is 0 Å². The highest BCUT2D eigenvalue weighted by Crippen LogP contribution is 2.17. The van der Waals surface area contributed by atoms with Gasteiger partial charge in [-0.15, -0.1) is 0 Å². The van der Waals surface area contributed by atoms with Crippen LogP contribution in [0.3, 0.4) is 0 Å². The molecular weight excluding hydrogens is 208 g/mol. The molecule has 0 unspecified atom stereocenters. The number of aromatic nitrogens is 2. The Labute approximate surface area is 93.8 Å². The summed E-state index contributed by atoms with van der Waals surface area (Å²) in [5.74, 6) is 0.238. The van der Waals surface area contributed by atoms with E-state index in [9.17, 15) is 4.79 Å². The molecule has 0 radical (unpaired) electrons. The van der Waals surface area contributed by atoms with Crippen molar-refractivity contribution in [3.63, 3.8) is 0 Å². The third-order valence-electron chi connectivity index (χ3n) is 2.96. The zero-order valence-corrected chi connectivity index (χ0v) is 9.27. The number of ether oxygens (including phenoxy) is 1. The van der Waals surface area contributed by atoms with Crippen LogP contribution in [0.2, 0.25) is 0 Å². The number of rotatable bonds is 2. The van der Waals surface area contributed by atoms with Crippen molar-refractivity contribution in [1.29, 1.82) is 0 Å². The number of amides is 1. The van der Waals surface area contributed by atoms with Crippen molar-refractivity contribution >= 4 is 11.7 Å². The molecule has 1 aromatic heterocycles. The summed E-state index contributed by atoms with van der Waals surface area (Å²) in [5.41, 5.74) is 6.06. The van der Waals surface area contributed by atoms with Crippen LogP contribution in [-0.4, -0.2) is 47.3 Å². The Hall–Kier alpha value is -1.56. The van der Waals surface area contributed by atoms with Crippen molar-refractivity contribution in [2.24, 2.45) is 0 Å². The first-order valence-electron chi connectivity index (χ1n) is 5.34. The van der Waals surface area contributed by atoms with E-state index in [2.05, 4.69) is 10.2 Å². The molecular formula is C10H16N4O2. The van der Waals surface area contributed by atoms with Gasteiger partial charge in [0.1, 0.15) is 11.4 Å². The molecule has 0 aliphatic carbocycles. The summed E-state index contributed by atoms with van der Waals surface area (Å²) < 4.78 is 5.26. The van der Waals surface area contributed by atoms with E-state index >= 15 is 0 Å². The molecule has 16 heavy (non-hydrogen) atoms. The first-order chi connectivity index (χ1) is 7.70. The van der Waals surface area contributed by atoms with Crippen LogP contribution in [0, 0.1) is 0 Å². The summed E-state index contributed by atoms with van der Waals surface area (Å²) in [6.45, 7) is 1.42. The monoisotopic (exact) mass is 224 g/mol. The number of H-pyrrole nitrogens is 1. The average Bonchev–Trinajstić information content (AvgIpc) is 2.75. The number of nitrogens with two attached hydrogens (primary N) is 1. The van der Waals surface area contributed by atoms with Gasteiger partial charge in [-0.1, -0.05) is 0 Å². The molecule has 0 spiro atoms. The Morgan fingerprint density at radius 3 is 2.88 bits per heavy atom. The predicted molar refractivity (Wildman–Crippen MR) is 58.9 cm³/mol. The summed E-state index contributed by atoms with van der Waals surface area (Å²) in [4.78, 5) is 13.8. The second-order valence-corrected chi connectivity index (χ2v) is 3.96. The number of hydrogen-bond donors (Lipinski definition) is 2. The molecule has 6 heteroatoms. The lowest BCUT2D eigenvalue weighted by Gasteiger charge is -2.31. The van der Waals surface area contributed by atoms with Crippen molar-refractivity contribution in [1.82, 2.24) is 15.1 Å². The Kier molecular flexibility index (Phi) is 3.09. The number of carbonyl (C=O) groups is 1. The maximum absolute atomic E-state index is 12.1. The van der Waals surface area contributed by atoms with E-state index in [1.165, 1.54) is 6.20 Å². The number of hydrogen-bond acceptors (Lipinski definition) is 4. The van der Waals surface area contributed by atoms with Crippen LogP contribution >= 0.6 is 0 Å². The fraction of sp³-hybridized carbons (Fsp3) is 0.600. The van der Waals surface area contributed by atoms with Gasteiger partial charge in [-0.05, 0) is 12.8 Å². The fourth-order valence-electron chi connectivity index (χ4n) is 1.89. The maximum atomic E-state index is 12.1. The second kappa shape index (κ2) is 4.52. The molecule has 1 aromatic rings. The molecule has 1 saturated heterocycles. The second-order valence-electron chi connectivity index (χ2n) is 3.96. The Morgan fingerprint density at radius 2 is 2.31 bits per heavy atom. The first kappa shape index (κ1) is 10.9. The van der Waals surface area contributed by atoms with E-state index in [1.54, 1.807) is 11.9 Å². The molecule has 0 aromatic carbocycles. The minimum atomic E-state index is -0.0850. The third kappa shape index (κ3) is 2.01. The average molecular weight is 224 g/mol. The van der Waals surface area contributed by atoms with E-state index in [-0.39, 0.29) is 11.9 Å². The highest BCUT2D eigenvalue weighted by molar-refractivity contribution is 5.98. The van der Waals surface area contributed by atoms with Gasteiger partial charge in [-0.3, -0.25) is 9.89 Å². The lowest BCUT2D eigenvalue weighted by atomic mass is 10.1. The number of nitrogens with one attached hydrogen (secondary N) is 1. The minimum Gasteiger partial charge on any atom is -0.383 e. The van der Waals surface area contributed by atoms with Crippen molar-refractivity contribution in [2.75, 3.05) is 26.0 Å². The van der Waals surface area contributed by atoms with Gasteiger partial charge in [-0.25, -0.2) is 0 Å². The van der Waals surface area contributed by atoms with Gasteiger partial charge >= 0.3 is 0 Å². The highest BCUT2D eigenvalue weighted by Gasteiger charge is 2.25. The highest BCUT2D eigenvalue weighted by atomic mass is 16.5. The van der Waals surface area contributed by atoms with E-state index in [0.29, 0.717) is 24.6 Å². The number of anilines is 1. The minimum absolute atomic E-state index is 0.0850. The summed E-state index contributed by atoms with van der Waals surface area (Å²) in [7, 11) is 1.80. The lowest BCUT2D eigenvalue weighted by molar-refractivity contribution is 0.0363. The van der Waals surface area contributed by atoms with Crippen LogP contribution in [0.25, 0.3) is 0 Å². The standard InChI is InChI=1S/C10H16N4O2/c1-14(7-2-4-16-5-3-7)10(15)8-6-12-13-9(8)11/h6-7H,2-5H2,1H3,(H3,11,12,13). The van der Waals surface area contributed by atoms with Crippen LogP contribution in [0.4, 0.5) is 5.82 Å². The molecule has 1 aliphatic heterocycles. The zero-order chi connectivity index (χ0) is 11.5. The van der Waals surface area contributed by atoms with Gasteiger partial charge in [0.15, 0.2) is 0 Å². The molecule has 0 bridgehead atoms. The zero-order valence-electron chi connectivity index (χ0n) is 9.27. The van der Waals surface area contributed by atoms with E-state index in [1.807, 2.05) is 0 Å². The van der Waals surface area contributed by atoms with Gasteiger partial charge in [0.2, 0.25) is 0 Å². The van der Waals surface area contributed by atoms with Gasteiger partial charge in [0.25, 0.3) is 5.91 Å². The van der Waals surface area contributed by atoms with Crippen LogP contribution in [-0.2, 0) is 4.74 Å². The Bertz CT molecular complexity index is 371. The van der Waals surface area contributed by atoms with Crippen molar-refractivity contribution in [3.8, 4) is 0 Å². The van der Waals surface area contributed by atoms with Crippen LogP contribution in [0.1, 0.15) is 23.2 Å². The normalized spacial score (nSPS) is 17.3. The molecule has 3 N–H and O–H groups in total. The molecule has 1 amide bonds. The van der Waals surface area contributed by atoms with E-state index < -0.39 is 0 Å². The van der Waals surface area contributed by atoms with Gasteiger partial charge in [0.05, 0.1) is 6.20 Å². The third-order valence-corrected chi connectivity index (χ3v) is 2.96. The lowest BCUT2D eigenvalue weighted by Crippen LogP contribution is -2.40. The number of nitrogen functional groups attached to an aromatic ring is 1. The van der Waals surface area contributed by atoms with E-state index in [0.717, 1.165) is 12.8 Å². The van der Waals surface area contributed by atoms with Gasteiger partial charge in [-0.2, -0.15) is 5.10 Å². The summed E-state index contributed by atoms with van der Waals surface area (Å²) in [6.07, 6.45) is 3.22. The van der Waals surface area contributed by atoms with E-state index in [4.69, 9.17) is 10.5 Å². The Balaban J connectivity index is 2.06. The fourth-order valence-corrected chi connectivity index (χ4v) is 1.89. The van der Waals surface area contributed by atoms with Crippen molar-refractivity contribution in [2.45, 2.75) is 18.9 Å². The quantitative estimate of drug-likeness (QED) is 0.753. The van der Waals surface area contributed by atoms with Gasteiger partial charge in [0, 0.05) is 26.3 Å². The molecule has 0 atom stereocenters.